The van der Waals surface area contributed by atoms with Gasteiger partial charge in [0.25, 0.3) is 15.9 Å². The number of hydrogen-bond acceptors (Lipinski definition) is 6. The summed E-state index contributed by atoms with van der Waals surface area (Å²) in [6, 6.07) is 5.65. The molecule has 5 N–H and O–H groups in total. The first-order valence-corrected chi connectivity index (χ1v) is 11.6. The highest BCUT2D eigenvalue weighted by Crippen LogP contribution is 2.35. The van der Waals surface area contributed by atoms with Gasteiger partial charge in [-0.1, -0.05) is 29.8 Å². The van der Waals surface area contributed by atoms with Crippen molar-refractivity contribution in [3.63, 3.8) is 0 Å². The van der Waals surface area contributed by atoms with Crippen LogP contribution in [-0.4, -0.2) is 42.3 Å². The van der Waals surface area contributed by atoms with E-state index in [0.29, 0.717) is 28.4 Å². The van der Waals surface area contributed by atoms with Crippen LogP contribution in [0.15, 0.2) is 33.6 Å². The minimum atomic E-state index is -4.27. The highest BCUT2D eigenvalue weighted by atomic mass is 79.9. The SMILES string of the molecule is CCc1cc(Br)cc(S(=O)(=O)Nc2cc(C)cc(C(=O)NCC(O)CC)c2O)c1O. The smallest absolute Gasteiger partial charge is 0.265 e. The molecule has 0 aliphatic heterocycles. The number of phenolic OH excluding ortho intramolecular Hbond substituents is 2. The monoisotopic (exact) mass is 500 g/mol. The maximum absolute atomic E-state index is 12.9. The van der Waals surface area contributed by atoms with E-state index in [4.69, 9.17) is 0 Å². The fourth-order valence-electron chi connectivity index (χ4n) is 2.78. The summed E-state index contributed by atoms with van der Waals surface area (Å²) in [5, 5.41) is 33.0. The molecule has 0 bridgehead atoms. The second-order valence-corrected chi connectivity index (χ2v) is 9.42. The Morgan fingerprint density at radius 3 is 2.40 bits per heavy atom. The van der Waals surface area contributed by atoms with Gasteiger partial charge in [0.05, 0.1) is 17.4 Å². The molecular weight excluding hydrogens is 476 g/mol. The summed E-state index contributed by atoms with van der Waals surface area (Å²) in [7, 11) is -4.27. The van der Waals surface area contributed by atoms with Crippen LogP contribution in [0.5, 0.6) is 11.5 Å². The van der Waals surface area contributed by atoms with Crippen LogP contribution in [0.4, 0.5) is 5.69 Å². The summed E-state index contributed by atoms with van der Waals surface area (Å²) >= 11 is 3.23. The molecule has 0 aromatic heterocycles. The molecule has 0 spiro atoms. The molecule has 0 aliphatic rings. The van der Waals surface area contributed by atoms with E-state index in [-0.39, 0.29) is 28.4 Å². The Kier molecular flexibility index (Phi) is 7.73. The fraction of sp³-hybridized carbons (Fsp3) is 0.350. The summed E-state index contributed by atoms with van der Waals surface area (Å²) in [6.45, 7) is 5.17. The van der Waals surface area contributed by atoms with Crippen molar-refractivity contribution in [2.75, 3.05) is 11.3 Å². The van der Waals surface area contributed by atoms with Crippen LogP contribution in [0.3, 0.4) is 0 Å². The third-order valence-electron chi connectivity index (χ3n) is 4.50. The molecular formula is C20H25BrN2O6S. The molecule has 2 rings (SSSR count). The van der Waals surface area contributed by atoms with Gasteiger partial charge in [-0.05, 0) is 55.2 Å². The van der Waals surface area contributed by atoms with E-state index < -0.39 is 27.8 Å². The average molecular weight is 501 g/mol. The summed E-state index contributed by atoms with van der Waals surface area (Å²) < 4.78 is 28.5. The van der Waals surface area contributed by atoms with Crippen LogP contribution in [0, 0.1) is 6.92 Å². The zero-order valence-electron chi connectivity index (χ0n) is 16.9. The van der Waals surface area contributed by atoms with Gasteiger partial charge in [-0.15, -0.1) is 0 Å². The van der Waals surface area contributed by atoms with E-state index in [1.165, 1.54) is 18.2 Å². The van der Waals surface area contributed by atoms with E-state index >= 15 is 0 Å². The van der Waals surface area contributed by atoms with Gasteiger partial charge in [-0.2, -0.15) is 0 Å². The fourth-order valence-corrected chi connectivity index (χ4v) is 4.66. The number of carbonyl (C=O) groups is 1. The van der Waals surface area contributed by atoms with E-state index in [1.807, 2.05) is 0 Å². The Balaban J connectivity index is 2.43. The molecule has 1 atom stereocenters. The zero-order chi connectivity index (χ0) is 22.6. The van der Waals surface area contributed by atoms with Crippen molar-refractivity contribution in [1.29, 1.82) is 0 Å². The third-order valence-corrected chi connectivity index (χ3v) is 6.34. The highest BCUT2D eigenvalue weighted by Gasteiger charge is 2.25. The van der Waals surface area contributed by atoms with Gasteiger partial charge >= 0.3 is 0 Å². The highest BCUT2D eigenvalue weighted by molar-refractivity contribution is 9.10. The van der Waals surface area contributed by atoms with Crippen molar-refractivity contribution in [3.8, 4) is 11.5 Å². The van der Waals surface area contributed by atoms with Crippen LogP contribution < -0.4 is 10.0 Å². The summed E-state index contributed by atoms with van der Waals surface area (Å²) in [5.74, 6) is -1.59. The lowest BCUT2D eigenvalue weighted by Gasteiger charge is -2.16. The number of aryl methyl sites for hydroxylation is 2. The van der Waals surface area contributed by atoms with Crippen molar-refractivity contribution in [1.82, 2.24) is 5.32 Å². The van der Waals surface area contributed by atoms with Gasteiger partial charge in [0, 0.05) is 11.0 Å². The normalized spacial score (nSPS) is 12.4. The second-order valence-electron chi connectivity index (χ2n) is 6.85. The predicted molar refractivity (Wildman–Crippen MR) is 117 cm³/mol. The number of aliphatic hydroxyl groups excluding tert-OH is 1. The van der Waals surface area contributed by atoms with Crippen molar-refractivity contribution in [3.05, 3.63) is 45.4 Å². The van der Waals surface area contributed by atoms with Gasteiger partial charge in [-0.25, -0.2) is 8.42 Å². The number of benzene rings is 2. The molecule has 2 aromatic carbocycles. The van der Waals surface area contributed by atoms with Crippen LogP contribution >= 0.6 is 15.9 Å². The van der Waals surface area contributed by atoms with Gasteiger partial charge < -0.3 is 20.6 Å². The first-order valence-electron chi connectivity index (χ1n) is 9.34. The van der Waals surface area contributed by atoms with Gasteiger partial charge in [0.1, 0.15) is 10.6 Å². The summed E-state index contributed by atoms with van der Waals surface area (Å²) in [6.07, 6.45) is 0.129. The largest absolute Gasteiger partial charge is 0.506 e. The number of phenols is 2. The topological polar surface area (TPSA) is 136 Å². The predicted octanol–water partition coefficient (Wildman–Crippen LogP) is 3.03. The van der Waals surface area contributed by atoms with Crippen LogP contribution in [0.1, 0.15) is 41.8 Å². The molecule has 164 valence electrons. The van der Waals surface area contributed by atoms with Crippen molar-refractivity contribution < 1.29 is 28.5 Å². The minimum absolute atomic E-state index is 0.00448. The lowest BCUT2D eigenvalue weighted by atomic mass is 10.1. The van der Waals surface area contributed by atoms with E-state index in [9.17, 15) is 28.5 Å². The van der Waals surface area contributed by atoms with Crippen LogP contribution in [0.25, 0.3) is 0 Å². The first-order chi connectivity index (χ1) is 14.0. The number of sulfonamides is 1. The molecule has 0 saturated carbocycles. The molecule has 0 fully saturated rings. The second kappa shape index (κ2) is 9.67. The molecule has 8 nitrogen and oxygen atoms in total. The number of aromatic hydroxyl groups is 2. The number of rotatable bonds is 8. The Hall–Kier alpha value is -2.30. The Morgan fingerprint density at radius 2 is 1.80 bits per heavy atom. The number of halogens is 1. The molecule has 1 unspecified atom stereocenters. The molecule has 2 aromatic rings. The van der Waals surface area contributed by atoms with E-state index in [1.54, 1.807) is 26.8 Å². The number of nitrogens with one attached hydrogen (secondary N) is 2. The average Bonchev–Trinajstić information content (AvgIpc) is 2.69. The first kappa shape index (κ1) is 24.0. The van der Waals surface area contributed by atoms with Crippen molar-refractivity contribution in [2.45, 2.75) is 44.6 Å². The van der Waals surface area contributed by atoms with E-state index in [0.717, 1.165) is 0 Å². The number of aliphatic hydroxyl groups is 1. The van der Waals surface area contributed by atoms with Crippen molar-refractivity contribution in [2.24, 2.45) is 0 Å². The lowest BCUT2D eigenvalue weighted by molar-refractivity contribution is 0.0911. The van der Waals surface area contributed by atoms with E-state index in [2.05, 4.69) is 26.0 Å². The van der Waals surface area contributed by atoms with Crippen LogP contribution in [0.2, 0.25) is 0 Å². The molecule has 0 saturated heterocycles. The molecule has 1 amide bonds. The number of carbonyl (C=O) groups excluding carboxylic acids is 1. The zero-order valence-corrected chi connectivity index (χ0v) is 19.3. The van der Waals surface area contributed by atoms with Gasteiger partial charge in [0.2, 0.25) is 0 Å². The molecule has 10 heteroatoms. The molecule has 0 radical (unpaired) electrons. The Morgan fingerprint density at radius 1 is 1.13 bits per heavy atom. The molecule has 30 heavy (non-hydrogen) atoms. The quantitative estimate of drug-likeness (QED) is 0.353. The van der Waals surface area contributed by atoms with Gasteiger partial charge in [-0.3, -0.25) is 9.52 Å². The van der Waals surface area contributed by atoms with Crippen LogP contribution in [-0.2, 0) is 16.4 Å². The number of hydrogen-bond donors (Lipinski definition) is 5. The Labute approximate surface area is 184 Å². The minimum Gasteiger partial charge on any atom is -0.506 e. The molecule has 0 heterocycles. The summed E-state index contributed by atoms with van der Waals surface area (Å²) in [5.41, 5.74) is 0.629. The van der Waals surface area contributed by atoms with Gasteiger partial charge in [0.15, 0.2) is 5.75 Å². The molecule has 0 aliphatic carbocycles. The maximum atomic E-state index is 12.9. The Bertz CT molecular complexity index is 1060. The lowest BCUT2D eigenvalue weighted by Crippen LogP contribution is -2.31. The van der Waals surface area contributed by atoms with Crippen molar-refractivity contribution >= 4 is 37.5 Å². The number of anilines is 1. The maximum Gasteiger partial charge on any atom is 0.265 e. The summed E-state index contributed by atoms with van der Waals surface area (Å²) in [4.78, 5) is 12.0. The standard InChI is InChI=1S/C20H25BrN2O6S/c1-4-12-8-13(21)9-17(18(12)25)30(28,29)23-16-7-11(3)6-15(19(16)26)20(27)22-10-14(24)5-2/h6-9,14,23-26H,4-5,10H2,1-3H3,(H,22,27). The third kappa shape index (κ3) is 5.44. The number of amides is 1.